The number of hydrogen-bond donors (Lipinski definition) is 0. The van der Waals surface area contributed by atoms with Crippen molar-refractivity contribution in [2.75, 3.05) is 6.54 Å². The van der Waals surface area contributed by atoms with Gasteiger partial charge in [0.1, 0.15) is 5.69 Å². The average molecular weight is 329 g/mol. The van der Waals surface area contributed by atoms with Crippen molar-refractivity contribution in [2.45, 2.75) is 19.9 Å². The molecule has 0 fully saturated rings. The van der Waals surface area contributed by atoms with Crippen LogP contribution in [0.15, 0.2) is 60.7 Å². The smallest absolute Gasteiger partial charge is 0.272 e. The number of para-hydroxylation sites is 1. The van der Waals surface area contributed by atoms with Crippen molar-refractivity contribution in [1.82, 2.24) is 9.88 Å². The molecule has 1 amide bonds. The Kier molecular flexibility index (Phi) is 4.76. The molecule has 25 heavy (non-hydrogen) atoms. The summed E-state index contributed by atoms with van der Waals surface area (Å²) in [5, 5.41) is 9.94. The van der Waals surface area contributed by atoms with Crippen molar-refractivity contribution in [3.63, 3.8) is 0 Å². The molecular weight excluding hydrogens is 310 g/mol. The molecule has 3 aromatic rings. The molecular formula is C21H19N3O. The predicted octanol–water partition coefficient (Wildman–Crippen LogP) is 4.33. The summed E-state index contributed by atoms with van der Waals surface area (Å²) >= 11 is 0. The topological polar surface area (TPSA) is 57.0 Å². The molecule has 4 nitrogen and oxygen atoms in total. The van der Waals surface area contributed by atoms with Crippen molar-refractivity contribution in [1.29, 1.82) is 5.26 Å². The summed E-state index contributed by atoms with van der Waals surface area (Å²) in [5.41, 5.74) is 2.87. The van der Waals surface area contributed by atoms with E-state index in [2.05, 4.69) is 11.1 Å². The third kappa shape index (κ3) is 3.36. The van der Waals surface area contributed by atoms with E-state index in [1.165, 1.54) is 0 Å². The van der Waals surface area contributed by atoms with Crippen molar-refractivity contribution in [3.05, 3.63) is 77.5 Å². The number of nitrogens with zero attached hydrogens (tertiary/aromatic N) is 3. The van der Waals surface area contributed by atoms with Crippen molar-refractivity contribution >= 4 is 16.8 Å². The highest BCUT2D eigenvalue weighted by atomic mass is 16.2. The summed E-state index contributed by atoms with van der Waals surface area (Å²) in [5.74, 6) is -0.0925. The molecule has 0 radical (unpaired) electrons. The van der Waals surface area contributed by atoms with Gasteiger partial charge in [-0.1, -0.05) is 36.4 Å². The second-order valence-corrected chi connectivity index (χ2v) is 5.89. The number of fused-ring (bicyclic) bond motifs is 1. The van der Waals surface area contributed by atoms with E-state index >= 15 is 0 Å². The number of hydrogen-bond acceptors (Lipinski definition) is 3. The molecule has 1 heterocycles. The maximum atomic E-state index is 13.0. The summed E-state index contributed by atoms with van der Waals surface area (Å²) in [6.45, 7) is 4.53. The highest BCUT2D eigenvalue weighted by Gasteiger charge is 2.22. The van der Waals surface area contributed by atoms with Gasteiger partial charge in [-0.2, -0.15) is 5.26 Å². The number of amides is 1. The Hall–Kier alpha value is -3.19. The Morgan fingerprint density at radius 1 is 1.12 bits per heavy atom. The molecule has 0 aliphatic rings. The van der Waals surface area contributed by atoms with E-state index < -0.39 is 0 Å². The molecule has 0 bridgehead atoms. The van der Waals surface area contributed by atoms with E-state index in [0.29, 0.717) is 17.8 Å². The molecule has 0 saturated heterocycles. The Labute approximate surface area is 147 Å². The zero-order valence-corrected chi connectivity index (χ0v) is 14.3. The van der Waals surface area contributed by atoms with E-state index in [4.69, 9.17) is 5.26 Å². The van der Waals surface area contributed by atoms with Crippen LogP contribution in [0.1, 0.15) is 41.5 Å². The van der Waals surface area contributed by atoms with Gasteiger partial charge in [0, 0.05) is 11.9 Å². The van der Waals surface area contributed by atoms with Crippen LogP contribution in [-0.2, 0) is 0 Å². The fourth-order valence-corrected chi connectivity index (χ4v) is 2.94. The monoisotopic (exact) mass is 329 g/mol. The minimum Gasteiger partial charge on any atom is -0.331 e. The third-order valence-electron chi connectivity index (χ3n) is 4.41. The molecule has 0 saturated carbocycles. The molecule has 0 N–H and O–H groups in total. The number of benzene rings is 2. The van der Waals surface area contributed by atoms with Crippen LogP contribution in [0.2, 0.25) is 0 Å². The number of carbonyl (C=O) groups excluding carboxylic acids is 1. The molecule has 0 aliphatic carbocycles. The SMILES string of the molecule is CCN(C(=O)c1ccc2ccccc2n1)C(C)c1ccc(C#N)cc1. The molecule has 0 spiro atoms. The van der Waals surface area contributed by atoms with E-state index in [1.807, 2.05) is 56.3 Å². The van der Waals surface area contributed by atoms with Crippen LogP contribution in [0.3, 0.4) is 0 Å². The minimum absolute atomic E-state index is 0.0925. The molecule has 3 rings (SSSR count). The standard InChI is InChI=1S/C21H19N3O/c1-3-24(15(2)17-10-8-16(14-22)9-11-17)21(25)20-13-12-18-6-4-5-7-19(18)23-20/h4-13,15H,3H2,1-2H3. The quantitative estimate of drug-likeness (QED) is 0.716. The van der Waals surface area contributed by atoms with E-state index in [0.717, 1.165) is 16.5 Å². The van der Waals surface area contributed by atoms with Crippen molar-refractivity contribution in [3.8, 4) is 6.07 Å². The Morgan fingerprint density at radius 2 is 1.84 bits per heavy atom. The molecule has 1 unspecified atom stereocenters. The van der Waals surface area contributed by atoms with Crippen LogP contribution in [0.5, 0.6) is 0 Å². The van der Waals surface area contributed by atoms with Gasteiger partial charge >= 0.3 is 0 Å². The van der Waals surface area contributed by atoms with Crippen LogP contribution in [0.25, 0.3) is 10.9 Å². The van der Waals surface area contributed by atoms with E-state index in [-0.39, 0.29) is 11.9 Å². The molecule has 1 aromatic heterocycles. The molecule has 2 aromatic carbocycles. The number of aromatic nitrogens is 1. The highest BCUT2D eigenvalue weighted by Crippen LogP contribution is 2.23. The van der Waals surface area contributed by atoms with Crippen molar-refractivity contribution < 1.29 is 4.79 Å². The first kappa shape index (κ1) is 16.7. The van der Waals surface area contributed by atoms with Crippen molar-refractivity contribution in [2.24, 2.45) is 0 Å². The lowest BCUT2D eigenvalue weighted by Crippen LogP contribution is -2.34. The molecule has 1 atom stereocenters. The van der Waals surface area contributed by atoms with Gasteiger partial charge in [-0.05, 0) is 43.7 Å². The normalized spacial score (nSPS) is 11.7. The lowest BCUT2D eigenvalue weighted by molar-refractivity contribution is 0.0696. The predicted molar refractivity (Wildman–Crippen MR) is 98.0 cm³/mol. The minimum atomic E-state index is -0.0986. The van der Waals surface area contributed by atoms with Gasteiger partial charge in [-0.3, -0.25) is 4.79 Å². The second kappa shape index (κ2) is 7.14. The Balaban J connectivity index is 1.89. The van der Waals surface area contributed by atoms with Crippen LogP contribution < -0.4 is 0 Å². The largest absolute Gasteiger partial charge is 0.331 e. The first-order valence-electron chi connectivity index (χ1n) is 8.31. The van der Waals surface area contributed by atoms with Gasteiger partial charge in [-0.25, -0.2) is 4.98 Å². The number of pyridine rings is 1. The van der Waals surface area contributed by atoms with Crippen LogP contribution in [0, 0.1) is 11.3 Å². The van der Waals surface area contributed by atoms with Gasteiger partial charge in [0.2, 0.25) is 0 Å². The lowest BCUT2D eigenvalue weighted by atomic mass is 10.0. The zero-order chi connectivity index (χ0) is 17.8. The summed E-state index contributed by atoms with van der Waals surface area (Å²) in [6.07, 6.45) is 0. The van der Waals surface area contributed by atoms with Gasteiger partial charge in [0.25, 0.3) is 5.91 Å². The van der Waals surface area contributed by atoms with Crippen LogP contribution in [-0.4, -0.2) is 22.3 Å². The first-order valence-corrected chi connectivity index (χ1v) is 8.31. The Morgan fingerprint density at radius 3 is 2.52 bits per heavy atom. The highest BCUT2D eigenvalue weighted by molar-refractivity contribution is 5.95. The van der Waals surface area contributed by atoms with Gasteiger partial charge in [-0.15, -0.1) is 0 Å². The summed E-state index contributed by atoms with van der Waals surface area (Å²) in [6, 6.07) is 20.8. The summed E-state index contributed by atoms with van der Waals surface area (Å²) < 4.78 is 0. The van der Waals surface area contributed by atoms with Gasteiger partial charge < -0.3 is 4.90 Å². The number of rotatable bonds is 4. The van der Waals surface area contributed by atoms with E-state index in [1.54, 1.807) is 23.1 Å². The number of nitriles is 1. The van der Waals surface area contributed by atoms with Gasteiger partial charge in [0.15, 0.2) is 0 Å². The summed E-state index contributed by atoms with van der Waals surface area (Å²) in [4.78, 5) is 19.3. The zero-order valence-electron chi connectivity index (χ0n) is 14.3. The Bertz CT molecular complexity index is 941. The fourth-order valence-electron chi connectivity index (χ4n) is 2.94. The maximum Gasteiger partial charge on any atom is 0.272 e. The van der Waals surface area contributed by atoms with Gasteiger partial charge in [0.05, 0.1) is 23.2 Å². The van der Waals surface area contributed by atoms with Crippen LogP contribution in [0.4, 0.5) is 0 Å². The second-order valence-electron chi connectivity index (χ2n) is 5.89. The maximum absolute atomic E-state index is 13.0. The molecule has 0 aliphatic heterocycles. The average Bonchev–Trinajstić information content (AvgIpc) is 2.68. The molecule has 124 valence electrons. The summed E-state index contributed by atoms with van der Waals surface area (Å²) in [7, 11) is 0. The van der Waals surface area contributed by atoms with E-state index in [9.17, 15) is 4.79 Å². The molecule has 4 heteroatoms. The fraction of sp³-hybridized carbons (Fsp3) is 0.190. The van der Waals surface area contributed by atoms with Crippen LogP contribution >= 0.6 is 0 Å². The number of carbonyl (C=O) groups is 1. The first-order chi connectivity index (χ1) is 12.1. The lowest BCUT2D eigenvalue weighted by Gasteiger charge is -2.28. The third-order valence-corrected chi connectivity index (χ3v) is 4.41.